The molecule has 0 saturated heterocycles. The molecule has 0 aliphatic carbocycles. The van der Waals surface area contributed by atoms with Gasteiger partial charge in [-0.05, 0) is 18.2 Å². The third-order valence-corrected chi connectivity index (χ3v) is 1.84. The molecule has 5 heteroatoms. The summed E-state index contributed by atoms with van der Waals surface area (Å²) in [5, 5.41) is 0. The van der Waals surface area contributed by atoms with Crippen LogP contribution in [0.3, 0.4) is 0 Å². The smallest absolute Gasteiger partial charge is 0.189 e. The number of rotatable bonds is 6. The summed E-state index contributed by atoms with van der Waals surface area (Å²) in [5.41, 5.74) is 5.47. The van der Waals surface area contributed by atoms with Gasteiger partial charge in [-0.3, -0.25) is 4.79 Å². The minimum Gasteiger partial charge on any atom is -0.409 e. The van der Waals surface area contributed by atoms with Gasteiger partial charge in [0, 0.05) is 20.2 Å². The Morgan fingerprint density at radius 1 is 1.31 bits per heavy atom. The fourth-order valence-electron chi connectivity index (χ4n) is 1.19. The highest BCUT2D eigenvalue weighted by Gasteiger charge is 2.11. The van der Waals surface area contributed by atoms with E-state index < -0.39 is 0 Å². The van der Waals surface area contributed by atoms with Crippen molar-refractivity contribution in [1.29, 1.82) is 0 Å². The lowest BCUT2D eigenvalue weighted by Crippen LogP contribution is -2.15. The summed E-state index contributed by atoms with van der Waals surface area (Å²) >= 11 is 0. The number of carbonyl (C=O) groups excluding carboxylic acids is 1. The Bertz CT molecular complexity index is 391. The molecule has 1 rings (SSSR count). The van der Waals surface area contributed by atoms with Crippen LogP contribution in [0.5, 0.6) is 11.5 Å². The van der Waals surface area contributed by atoms with E-state index >= 15 is 0 Å². The van der Waals surface area contributed by atoms with Gasteiger partial charge in [0.25, 0.3) is 0 Å². The largest absolute Gasteiger partial charge is 0.409 e. The van der Waals surface area contributed by atoms with Crippen molar-refractivity contribution in [3.63, 3.8) is 0 Å². The van der Waals surface area contributed by atoms with Gasteiger partial charge in [-0.1, -0.05) is 6.58 Å². The van der Waals surface area contributed by atoms with Gasteiger partial charge >= 0.3 is 0 Å². The zero-order valence-corrected chi connectivity index (χ0v) is 9.24. The fourth-order valence-corrected chi connectivity index (χ4v) is 1.19. The van der Waals surface area contributed by atoms with Gasteiger partial charge < -0.3 is 9.68 Å². The maximum absolute atomic E-state index is 11.5. The Labute approximate surface area is 94.0 Å². The van der Waals surface area contributed by atoms with Gasteiger partial charge in [-0.25, -0.2) is 0 Å². The molecule has 16 heavy (non-hydrogen) atoms. The molecular formula is C11H14N2O3. The van der Waals surface area contributed by atoms with Crippen molar-refractivity contribution in [1.82, 2.24) is 11.0 Å². The molecule has 0 fully saturated rings. The monoisotopic (exact) mass is 222 g/mol. The van der Waals surface area contributed by atoms with Crippen LogP contribution in [0.25, 0.3) is 0 Å². The lowest BCUT2D eigenvalue weighted by atomic mass is 10.1. The SMILES string of the molecule is C=CC(=O)c1ccc(ONC)cc1ONC. The number of nitrogens with one attached hydrogen (secondary N) is 2. The highest BCUT2D eigenvalue weighted by atomic mass is 16.7. The number of hydrogen-bond acceptors (Lipinski definition) is 5. The first-order valence-corrected chi connectivity index (χ1v) is 4.71. The molecule has 0 aromatic heterocycles. The van der Waals surface area contributed by atoms with Crippen molar-refractivity contribution < 1.29 is 14.5 Å². The molecule has 0 atom stereocenters. The van der Waals surface area contributed by atoms with Gasteiger partial charge in [0.2, 0.25) is 0 Å². The molecule has 1 aromatic rings. The van der Waals surface area contributed by atoms with Gasteiger partial charge in [-0.15, -0.1) is 0 Å². The van der Waals surface area contributed by atoms with E-state index in [-0.39, 0.29) is 5.78 Å². The Morgan fingerprint density at radius 2 is 2.00 bits per heavy atom. The summed E-state index contributed by atoms with van der Waals surface area (Å²) in [6.07, 6.45) is 1.23. The minimum absolute atomic E-state index is 0.207. The van der Waals surface area contributed by atoms with Crippen LogP contribution in [0, 0.1) is 0 Å². The molecule has 5 nitrogen and oxygen atoms in total. The predicted octanol–water partition coefficient (Wildman–Crippen LogP) is 1.08. The van der Waals surface area contributed by atoms with Gasteiger partial charge in [0.15, 0.2) is 17.3 Å². The van der Waals surface area contributed by atoms with Crippen LogP contribution in [-0.4, -0.2) is 19.9 Å². The first-order chi connectivity index (χ1) is 7.72. The molecule has 1 aromatic carbocycles. The molecule has 0 aliphatic rings. The van der Waals surface area contributed by atoms with Crippen LogP contribution >= 0.6 is 0 Å². The summed E-state index contributed by atoms with van der Waals surface area (Å²) in [4.78, 5) is 21.7. The Hall–Kier alpha value is -1.85. The second-order valence-corrected chi connectivity index (χ2v) is 2.84. The number of hydroxylamine groups is 2. The number of benzene rings is 1. The molecule has 0 bridgehead atoms. The second-order valence-electron chi connectivity index (χ2n) is 2.84. The third-order valence-electron chi connectivity index (χ3n) is 1.84. The fraction of sp³-hybridized carbons (Fsp3) is 0.182. The Morgan fingerprint density at radius 3 is 2.56 bits per heavy atom. The van der Waals surface area contributed by atoms with Crippen molar-refractivity contribution in [3.05, 3.63) is 36.4 Å². The molecular weight excluding hydrogens is 208 g/mol. The maximum atomic E-state index is 11.5. The summed E-state index contributed by atoms with van der Waals surface area (Å²) in [7, 11) is 3.25. The quantitative estimate of drug-likeness (QED) is 0.428. The van der Waals surface area contributed by atoms with Crippen molar-refractivity contribution in [2.45, 2.75) is 0 Å². The van der Waals surface area contributed by atoms with E-state index in [0.717, 1.165) is 0 Å². The molecule has 0 spiro atoms. The average Bonchev–Trinajstić information content (AvgIpc) is 2.29. The Kier molecular flexibility index (Phi) is 4.50. The maximum Gasteiger partial charge on any atom is 0.189 e. The summed E-state index contributed by atoms with van der Waals surface area (Å²) in [5.74, 6) is 0.731. The van der Waals surface area contributed by atoms with Gasteiger partial charge in [-0.2, -0.15) is 11.0 Å². The van der Waals surface area contributed by atoms with Crippen molar-refractivity contribution in [2.24, 2.45) is 0 Å². The highest BCUT2D eigenvalue weighted by Crippen LogP contribution is 2.24. The number of ketones is 1. The molecule has 2 N–H and O–H groups in total. The molecule has 86 valence electrons. The van der Waals surface area contributed by atoms with Crippen molar-refractivity contribution in [3.8, 4) is 11.5 Å². The standard InChI is InChI=1S/C11H14N2O3/c1-4-10(14)9-6-5-8(15-12-2)7-11(9)16-13-3/h4-7,12-13H,1H2,2-3H3. The van der Waals surface area contributed by atoms with Gasteiger partial charge in [0.05, 0.1) is 5.56 Å². The van der Waals surface area contributed by atoms with Crippen molar-refractivity contribution >= 4 is 5.78 Å². The molecule has 0 radical (unpaired) electrons. The predicted molar refractivity (Wildman–Crippen MR) is 60.3 cm³/mol. The molecule has 0 heterocycles. The van der Waals surface area contributed by atoms with E-state index in [1.807, 2.05) is 0 Å². The summed E-state index contributed by atoms with van der Waals surface area (Å²) < 4.78 is 0. The Balaban J connectivity index is 3.08. The van der Waals surface area contributed by atoms with E-state index in [1.54, 1.807) is 32.3 Å². The zero-order chi connectivity index (χ0) is 12.0. The van der Waals surface area contributed by atoms with Crippen LogP contribution in [-0.2, 0) is 0 Å². The zero-order valence-electron chi connectivity index (χ0n) is 9.24. The van der Waals surface area contributed by atoms with Crippen molar-refractivity contribution in [2.75, 3.05) is 14.1 Å². The average molecular weight is 222 g/mol. The normalized spacial score (nSPS) is 9.62. The highest BCUT2D eigenvalue weighted by molar-refractivity contribution is 6.06. The molecule has 0 unspecified atom stereocenters. The number of hydrogen-bond donors (Lipinski definition) is 2. The molecule has 0 aliphatic heterocycles. The number of allylic oxidation sites excluding steroid dienone is 1. The minimum atomic E-state index is -0.207. The van der Waals surface area contributed by atoms with Gasteiger partial charge in [0.1, 0.15) is 0 Å². The first kappa shape index (κ1) is 12.2. The van der Waals surface area contributed by atoms with E-state index in [9.17, 15) is 4.79 Å². The molecule has 0 saturated carbocycles. The summed E-state index contributed by atoms with van der Waals surface area (Å²) in [6.45, 7) is 3.43. The van der Waals surface area contributed by atoms with E-state index in [0.29, 0.717) is 17.1 Å². The van der Waals surface area contributed by atoms with E-state index in [4.69, 9.17) is 9.68 Å². The van der Waals surface area contributed by atoms with Crippen LogP contribution in [0.1, 0.15) is 10.4 Å². The van der Waals surface area contributed by atoms with E-state index in [1.165, 1.54) is 6.08 Å². The first-order valence-electron chi connectivity index (χ1n) is 4.71. The van der Waals surface area contributed by atoms with E-state index in [2.05, 4.69) is 17.5 Å². The molecule has 0 amide bonds. The lowest BCUT2D eigenvalue weighted by molar-refractivity contribution is 0.104. The topological polar surface area (TPSA) is 59.6 Å². The van der Waals surface area contributed by atoms with Crippen LogP contribution in [0.2, 0.25) is 0 Å². The third kappa shape index (κ3) is 2.82. The lowest BCUT2D eigenvalue weighted by Gasteiger charge is -2.09. The second kappa shape index (κ2) is 5.89. The van der Waals surface area contributed by atoms with Crippen LogP contribution < -0.4 is 20.6 Å². The van der Waals surface area contributed by atoms with Crippen LogP contribution in [0.15, 0.2) is 30.9 Å². The van der Waals surface area contributed by atoms with Crippen LogP contribution in [0.4, 0.5) is 0 Å². The number of carbonyl (C=O) groups is 1. The summed E-state index contributed by atoms with van der Waals surface area (Å²) in [6, 6.07) is 4.88.